The summed E-state index contributed by atoms with van der Waals surface area (Å²) in [4.78, 5) is 16.4. The van der Waals surface area contributed by atoms with E-state index in [1.165, 1.54) is 33.4 Å². The first-order valence-electron chi connectivity index (χ1n) is 26.6. The van der Waals surface area contributed by atoms with Gasteiger partial charge in [0.05, 0.1) is 11.1 Å². The Balaban J connectivity index is 0.000000911. The topological polar surface area (TPSA) is 76.9 Å². The lowest BCUT2D eigenvalue weighted by atomic mass is 9.83. The number of nitrogens with zero attached hydrogens (tertiary/aromatic N) is 1. The number of benzene rings is 6. The molecule has 0 bridgehead atoms. The standard InChI is InChI=1S/C19H21NOSi.C16H17NO.C15H12O.7C2H6/c1-20-19(21-22(2,3)4)17-11-7-5-9-15(17)13-14-16-10-6-8-12-18(16)19;17-11-16(18)14-7-3-1-5-12(14)9-10-13-6-2-4-8-15(13)16;16-15-13-7-3-1-5-11(13)9-10-12-6-2-4-8-14(12)15;7*1-2/h5-12H,13-14H2,2-4H3;1-8,18H,9-11,17H2;1-8H,9-10H2;7*1-2H3. The summed E-state index contributed by atoms with van der Waals surface area (Å²) in [5.74, 6) is 0.170. The third-order valence-electron chi connectivity index (χ3n) is 11.1. The minimum atomic E-state index is -1.91. The molecule has 9 rings (SSSR count). The van der Waals surface area contributed by atoms with E-state index in [4.69, 9.17) is 16.7 Å². The second kappa shape index (κ2) is 34.8. The van der Waals surface area contributed by atoms with Crippen LogP contribution in [0.2, 0.25) is 19.6 Å². The zero-order chi connectivity index (χ0) is 53.3. The summed E-state index contributed by atoms with van der Waals surface area (Å²) in [5.41, 5.74) is 16.7. The Morgan fingerprint density at radius 2 is 0.700 bits per heavy atom. The SMILES string of the molecule is CC.CC.CC.CC.CC.CC.CC.NCC1(O)c2ccccc2CCc2ccccc21.O=C1c2ccccc2CCc2ccccc21.[C-]#[N+]C1(O[Si](C)(C)C)c2ccccc2CCc2ccccc21. The Morgan fingerprint density at radius 1 is 0.457 bits per heavy atom. The van der Waals surface area contributed by atoms with E-state index >= 15 is 0 Å². The molecule has 6 aromatic rings. The lowest BCUT2D eigenvalue weighted by Crippen LogP contribution is -2.40. The number of hydrogen-bond acceptors (Lipinski definition) is 4. The van der Waals surface area contributed by atoms with Crippen LogP contribution in [0.5, 0.6) is 0 Å². The molecule has 380 valence electrons. The van der Waals surface area contributed by atoms with Crippen LogP contribution in [0.1, 0.15) is 168 Å². The van der Waals surface area contributed by atoms with E-state index in [1.807, 2.05) is 182 Å². The summed E-state index contributed by atoms with van der Waals surface area (Å²) in [6, 6.07) is 48.5. The summed E-state index contributed by atoms with van der Waals surface area (Å²) in [6.07, 6.45) is 5.74. The van der Waals surface area contributed by atoms with E-state index in [-0.39, 0.29) is 12.3 Å². The molecule has 3 N–H and O–H groups in total. The van der Waals surface area contributed by atoms with Crippen molar-refractivity contribution < 1.29 is 14.3 Å². The van der Waals surface area contributed by atoms with E-state index in [9.17, 15) is 9.90 Å². The molecule has 3 aliphatic rings. The van der Waals surface area contributed by atoms with E-state index in [0.29, 0.717) is 0 Å². The maximum atomic E-state index is 12.3. The van der Waals surface area contributed by atoms with Crippen molar-refractivity contribution in [3.05, 3.63) is 224 Å². The largest absolute Gasteiger partial charge is 0.382 e. The monoisotopic (exact) mass is 965 g/mol. The molecular weight excluding hydrogens is 873 g/mol. The third-order valence-corrected chi connectivity index (χ3v) is 12.0. The average molecular weight is 966 g/mol. The highest BCUT2D eigenvalue weighted by Crippen LogP contribution is 2.44. The number of carbonyl (C=O) groups excluding carboxylic acids is 1. The smallest absolute Gasteiger partial charge is 0.379 e. The second-order valence-electron chi connectivity index (χ2n) is 15.8. The number of ketones is 1. The second-order valence-corrected chi connectivity index (χ2v) is 20.2. The van der Waals surface area contributed by atoms with Crippen LogP contribution in [0.15, 0.2) is 146 Å². The third kappa shape index (κ3) is 16.6. The van der Waals surface area contributed by atoms with Crippen LogP contribution in [0.3, 0.4) is 0 Å². The maximum Gasteiger partial charge on any atom is 0.382 e. The number of hydrogen-bond donors (Lipinski definition) is 2. The predicted octanol–water partition coefficient (Wildman–Crippen LogP) is 16.9. The van der Waals surface area contributed by atoms with Gasteiger partial charge in [-0.2, -0.15) is 0 Å². The van der Waals surface area contributed by atoms with E-state index < -0.39 is 19.6 Å². The molecule has 0 saturated heterocycles. The van der Waals surface area contributed by atoms with Crippen LogP contribution in [0, 0.1) is 6.57 Å². The number of aryl methyl sites for hydroxylation is 6. The van der Waals surface area contributed by atoms with Crippen LogP contribution in [0.25, 0.3) is 4.85 Å². The molecule has 70 heavy (non-hydrogen) atoms. The molecule has 0 spiro atoms. The number of nitrogens with two attached hydrogens (primary N) is 1. The summed E-state index contributed by atoms with van der Waals surface area (Å²) in [6.45, 7) is 42.7. The molecule has 0 amide bonds. The van der Waals surface area contributed by atoms with Crippen LogP contribution < -0.4 is 5.73 Å². The molecule has 0 saturated carbocycles. The minimum Gasteiger partial charge on any atom is -0.379 e. The van der Waals surface area contributed by atoms with Gasteiger partial charge in [0.2, 0.25) is 0 Å². The van der Waals surface area contributed by atoms with E-state index in [0.717, 1.165) is 71.9 Å². The van der Waals surface area contributed by atoms with Crippen LogP contribution in [-0.2, 0) is 54.3 Å². The van der Waals surface area contributed by atoms with E-state index in [1.54, 1.807) is 0 Å². The number of rotatable bonds is 3. The van der Waals surface area contributed by atoms with Crippen LogP contribution in [0.4, 0.5) is 0 Å². The van der Waals surface area contributed by atoms with Gasteiger partial charge in [0, 0.05) is 17.7 Å². The Kier molecular flexibility index (Phi) is 32.1. The van der Waals surface area contributed by atoms with Crippen molar-refractivity contribution in [3.63, 3.8) is 0 Å². The normalized spacial score (nSPS) is 13.1. The van der Waals surface area contributed by atoms with Gasteiger partial charge in [-0.25, -0.2) is 6.57 Å². The van der Waals surface area contributed by atoms with Gasteiger partial charge >= 0.3 is 5.72 Å². The summed E-state index contributed by atoms with van der Waals surface area (Å²) in [5, 5.41) is 11.0. The first-order valence-corrected chi connectivity index (χ1v) is 30.0. The Hall–Kier alpha value is -5.42. The first-order chi connectivity index (χ1) is 34.1. The molecule has 0 unspecified atom stereocenters. The van der Waals surface area contributed by atoms with Crippen molar-refractivity contribution in [1.29, 1.82) is 0 Å². The lowest BCUT2D eigenvalue weighted by Gasteiger charge is -2.30. The maximum absolute atomic E-state index is 12.3. The molecule has 0 radical (unpaired) electrons. The summed E-state index contributed by atoms with van der Waals surface area (Å²) in [7, 11) is -1.91. The molecular formula is C64H92N2O3Si. The Labute approximate surface area is 428 Å². The predicted molar refractivity (Wildman–Crippen MR) is 308 cm³/mol. The van der Waals surface area contributed by atoms with Crippen LogP contribution in [-0.4, -0.2) is 25.8 Å². The molecule has 0 heterocycles. The lowest BCUT2D eigenvalue weighted by molar-refractivity contribution is 0.0895. The highest BCUT2D eigenvalue weighted by molar-refractivity contribution is 6.69. The Morgan fingerprint density at radius 3 is 0.986 bits per heavy atom. The number of carbonyl (C=O) groups is 1. The van der Waals surface area contributed by atoms with Crippen molar-refractivity contribution in [1.82, 2.24) is 0 Å². The highest BCUT2D eigenvalue weighted by Gasteiger charge is 2.49. The molecule has 5 nitrogen and oxygen atoms in total. The van der Waals surface area contributed by atoms with Crippen molar-refractivity contribution in [2.75, 3.05) is 6.54 Å². The molecule has 6 heteroatoms. The van der Waals surface area contributed by atoms with Crippen molar-refractivity contribution in [2.45, 2.75) is 166 Å². The minimum absolute atomic E-state index is 0.170. The quantitative estimate of drug-likeness (QED) is 0.137. The van der Waals surface area contributed by atoms with Gasteiger partial charge in [0.1, 0.15) is 5.60 Å². The van der Waals surface area contributed by atoms with Crippen molar-refractivity contribution in [3.8, 4) is 0 Å². The average Bonchev–Trinajstić information content (AvgIpc) is 3.74. The fourth-order valence-corrected chi connectivity index (χ4v) is 9.65. The molecule has 0 fully saturated rings. The van der Waals surface area contributed by atoms with Crippen molar-refractivity contribution in [2.24, 2.45) is 5.73 Å². The van der Waals surface area contributed by atoms with Gasteiger partial charge in [0.15, 0.2) is 14.1 Å². The zero-order valence-electron chi connectivity index (χ0n) is 46.6. The van der Waals surface area contributed by atoms with Crippen molar-refractivity contribution >= 4 is 14.1 Å². The summed E-state index contributed by atoms with van der Waals surface area (Å²) >= 11 is 0. The Bertz CT molecular complexity index is 2260. The van der Waals surface area contributed by atoms with Gasteiger partial charge in [-0.15, -0.1) is 0 Å². The number of aliphatic hydroxyl groups is 1. The molecule has 0 aromatic heterocycles. The van der Waals surface area contributed by atoms with Gasteiger partial charge in [0.25, 0.3) is 0 Å². The van der Waals surface area contributed by atoms with Gasteiger partial charge in [-0.1, -0.05) is 230 Å². The van der Waals surface area contributed by atoms with Gasteiger partial charge in [-0.05, 0) is 115 Å². The fourth-order valence-electron chi connectivity index (χ4n) is 8.50. The molecule has 0 aliphatic heterocycles. The first kappa shape index (κ1) is 64.6. The van der Waals surface area contributed by atoms with Gasteiger partial charge in [-0.3, -0.25) is 9.64 Å². The molecule has 0 atom stereocenters. The fraction of sp³-hybridized carbons (Fsp3) is 0.406. The molecule has 6 aromatic carbocycles. The van der Waals surface area contributed by atoms with E-state index in [2.05, 4.69) is 85.1 Å². The van der Waals surface area contributed by atoms with Crippen LogP contribution >= 0.6 is 0 Å². The highest BCUT2D eigenvalue weighted by atomic mass is 28.4. The number of fused-ring (bicyclic) bond motifs is 6. The zero-order valence-corrected chi connectivity index (χ0v) is 47.6. The molecule has 3 aliphatic carbocycles. The summed E-state index contributed by atoms with van der Waals surface area (Å²) < 4.78 is 6.53. The van der Waals surface area contributed by atoms with Gasteiger partial charge < -0.3 is 15.3 Å².